The fourth-order valence-corrected chi connectivity index (χ4v) is 2.24. The molecule has 0 unspecified atom stereocenters. The molecule has 0 aliphatic heterocycles. The minimum atomic E-state index is -0.305. The van der Waals surface area contributed by atoms with E-state index in [4.69, 9.17) is 0 Å². The Bertz CT molecular complexity index is 398. The molecule has 68 valence electrons. The highest BCUT2D eigenvalue weighted by Gasteiger charge is 2.24. The first-order valence-corrected chi connectivity index (χ1v) is 4.91. The molecule has 13 heavy (non-hydrogen) atoms. The van der Waals surface area contributed by atoms with Crippen molar-refractivity contribution in [2.45, 2.75) is 19.8 Å². The third kappa shape index (κ3) is 1.22. The second-order valence-corrected chi connectivity index (χ2v) is 4.04. The average Bonchev–Trinajstić information content (AvgIpc) is 2.45. The van der Waals surface area contributed by atoms with Crippen molar-refractivity contribution in [3.8, 4) is 0 Å². The lowest BCUT2D eigenvalue weighted by molar-refractivity contribution is 0.0994. The summed E-state index contributed by atoms with van der Waals surface area (Å²) in [5.41, 5.74) is 2.10. The zero-order valence-corrected chi connectivity index (χ0v) is 8.74. The van der Waals surface area contributed by atoms with Crippen LogP contribution < -0.4 is 0 Å². The van der Waals surface area contributed by atoms with Gasteiger partial charge in [0.05, 0.1) is 0 Å². The van der Waals surface area contributed by atoms with Crippen molar-refractivity contribution < 1.29 is 9.18 Å². The quantitative estimate of drug-likeness (QED) is 0.684. The van der Waals surface area contributed by atoms with E-state index in [0.29, 0.717) is 17.5 Å². The summed E-state index contributed by atoms with van der Waals surface area (Å²) < 4.78 is 14.0. The van der Waals surface area contributed by atoms with Gasteiger partial charge in [-0.3, -0.25) is 4.79 Å². The Morgan fingerprint density at radius 1 is 1.46 bits per heavy atom. The SMILES string of the molecule is Cc1c(F)cc2c(c1Br)CCC2=O. The molecule has 0 spiro atoms. The molecule has 0 bridgehead atoms. The Hall–Kier alpha value is -0.700. The maximum Gasteiger partial charge on any atom is 0.163 e. The van der Waals surface area contributed by atoms with Gasteiger partial charge in [-0.1, -0.05) is 15.9 Å². The van der Waals surface area contributed by atoms with E-state index < -0.39 is 0 Å². The topological polar surface area (TPSA) is 17.1 Å². The van der Waals surface area contributed by atoms with Gasteiger partial charge in [-0.2, -0.15) is 0 Å². The molecule has 0 saturated carbocycles. The second kappa shape index (κ2) is 2.91. The van der Waals surface area contributed by atoms with Gasteiger partial charge in [0.2, 0.25) is 0 Å². The molecule has 3 heteroatoms. The van der Waals surface area contributed by atoms with Crippen LogP contribution >= 0.6 is 15.9 Å². The van der Waals surface area contributed by atoms with Gasteiger partial charge >= 0.3 is 0 Å². The Morgan fingerprint density at radius 2 is 2.15 bits per heavy atom. The molecular formula is C10H8BrFO. The zero-order valence-electron chi connectivity index (χ0n) is 7.16. The van der Waals surface area contributed by atoms with Crippen LogP contribution in [0.2, 0.25) is 0 Å². The lowest BCUT2D eigenvalue weighted by atomic mass is 10.1. The van der Waals surface area contributed by atoms with Crippen LogP contribution in [0.25, 0.3) is 0 Å². The molecule has 0 atom stereocenters. The summed E-state index contributed by atoms with van der Waals surface area (Å²) in [6.45, 7) is 1.71. The third-order valence-electron chi connectivity index (χ3n) is 2.45. The van der Waals surface area contributed by atoms with Crippen molar-refractivity contribution in [3.05, 3.63) is 33.0 Å². The van der Waals surface area contributed by atoms with Crippen LogP contribution in [0.3, 0.4) is 0 Å². The molecule has 0 radical (unpaired) electrons. The van der Waals surface area contributed by atoms with E-state index in [1.165, 1.54) is 6.07 Å². The molecule has 0 heterocycles. The summed E-state index contributed by atoms with van der Waals surface area (Å²) in [7, 11) is 0. The van der Waals surface area contributed by atoms with E-state index in [2.05, 4.69) is 15.9 Å². The number of carbonyl (C=O) groups excluding carboxylic acids is 1. The molecular weight excluding hydrogens is 235 g/mol. The van der Waals surface area contributed by atoms with Crippen LogP contribution in [0.1, 0.15) is 27.9 Å². The summed E-state index contributed by atoms with van der Waals surface area (Å²) >= 11 is 3.32. The van der Waals surface area contributed by atoms with Gasteiger partial charge in [0.25, 0.3) is 0 Å². The number of Topliss-reactive ketones (excluding diaryl/α,β-unsaturated/α-hetero) is 1. The Kier molecular flexibility index (Phi) is 1.99. The Morgan fingerprint density at radius 3 is 2.85 bits per heavy atom. The highest BCUT2D eigenvalue weighted by Crippen LogP contribution is 2.33. The number of halogens is 2. The van der Waals surface area contributed by atoms with Crippen molar-refractivity contribution >= 4 is 21.7 Å². The first-order chi connectivity index (χ1) is 6.11. The Labute approximate surface area is 84.1 Å². The lowest BCUT2D eigenvalue weighted by Crippen LogP contribution is -1.96. The average molecular weight is 243 g/mol. The van der Waals surface area contributed by atoms with Gasteiger partial charge in [-0.15, -0.1) is 0 Å². The number of fused-ring (bicyclic) bond motifs is 1. The van der Waals surface area contributed by atoms with Crippen LogP contribution in [0, 0.1) is 12.7 Å². The molecule has 0 fully saturated rings. The number of rotatable bonds is 0. The van der Waals surface area contributed by atoms with Crippen LogP contribution in [-0.2, 0) is 6.42 Å². The van der Waals surface area contributed by atoms with Crippen molar-refractivity contribution in [3.63, 3.8) is 0 Å². The minimum absolute atomic E-state index is 0.0506. The molecule has 0 amide bonds. The number of hydrogen-bond acceptors (Lipinski definition) is 1. The standard InChI is InChI=1S/C10H8BrFO/c1-5-8(12)4-7-6(10(5)11)2-3-9(7)13/h4H,2-3H2,1H3. The maximum atomic E-state index is 13.2. The highest BCUT2D eigenvalue weighted by atomic mass is 79.9. The molecule has 0 N–H and O–H groups in total. The van der Waals surface area contributed by atoms with E-state index in [1.54, 1.807) is 6.92 Å². The van der Waals surface area contributed by atoms with Gasteiger partial charge in [0.1, 0.15) is 5.82 Å². The van der Waals surface area contributed by atoms with Crippen LogP contribution in [-0.4, -0.2) is 5.78 Å². The molecule has 0 saturated heterocycles. The van der Waals surface area contributed by atoms with E-state index in [0.717, 1.165) is 16.5 Å². The van der Waals surface area contributed by atoms with Crippen molar-refractivity contribution in [2.24, 2.45) is 0 Å². The number of carbonyl (C=O) groups is 1. The second-order valence-electron chi connectivity index (χ2n) is 3.25. The van der Waals surface area contributed by atoms with Crippen molar-refractivity contribution in [1.82, 2.24) is 0 Å². The molecule has 2 rings (SSSR count). The van der Waals surface area contributed by atoms with Crippen LogP contribution in [0.4, 0.5) is 4.39 Å². The fraction of sp³-hybridized carbons (Fsp3) is 0.300. The zero-order chi connectivity index (χ0) is 9.59. The number of benzene rings is 1. The van der Waals surface area contributed by atoms with Crippen molar-refractivity contribution in [1.29, 1.82) is 0 Å². The first kappa shape index (κ1) is 8.88. The number of ketones is 1. The van der Waals surface area contributed by atoms with Crippen LogP contribution in [0.5, 0.6) is 0 Å². The smallest absolute Gasteiger partial charge is 0.163 e. The molecule has 1 nitrogen and oxygen atoms in total. The molecule has 1 aromatic rings. The van der Waals surface area contributed by atoms with E-state index in [9.17, 15) is 9.18 Å². The minimum Gasteiger partial charge on any atom is -0.294 e. The maximum absolute atomic E-state index is 13.2. The van der Waals surface area contributed by atoms with E-state index in [1.807, 2.05) is 0 Å². The summed E-state index contributed by atoms with van der Waals surface area (Å²) in [5, 5.41) is 0. The first-order valence-electron chi connectivity index (χ1n) is 4.12. The highest BCUT2D eigenvalue weighted by molar-refractivity contribution is 9.10. The molecule has 1 aliphatic carbocycles. The summed E-state index contributed by atoms with van der Waals surface area (Å²) in [4.78, 5) is 11.3. The summed E-state index contributed by atoms with van der Waals surface area (Å²) in [6, 6.07) is 1.35. The van der Waals surface area contributed by atoms with Crippen LogP contribution in [0.15, 0.2) is 10.5 Å². The van der Waals surface area contributed by atoms with Crippen molar-refractivity contribution in [2.75, 3.05) is 0 Å². The Balaban J connectivity index is 2.74. The predicted octanol–water partition coefficient (Wildman–Crippen LogP) is 3.03. The predicted molar refractivity (Wildman–Crippen MR) is 51.5 cm³/mol. The van der Waals surface area contributed by atoms with E-state index in [-0.39, 0.29) is 11.6 Å². The van der Waals surface area contributed by atoms with Gasteiger partial charge in [0.15, 0.2) is 5.78 Å². The fourth-order valence-electron chi connectivity index (χ4n) is 1.64. The summed E-state index contributed by atoms with van der Waals surface area (Å²) in [6.07, 6.45) is 1.24. The summed E-state index contributed by atoms with van der Waals surface area (Å²) in [5.74, 6) is -0.254. The van der Waals surface area contributed by atoms with Gasteiger partial charge in [-0.25, -0.2) is 4.39 Å². The van der Waals surface area contributed by atoms with E-state index >= 15 is 0 Å². The van der Waals surface area contributed by atoms with Gasteiger partial charge in [0, 0.05) is 16.5 Å². The monoisotopic (exact) mass is 242 g/mol. The van der Waals surface area contributed by atoms with Gasteiger partial charge in [-0.05, 0) is 30.5 Å². The largest absolute Gasteiger partial charge is 0.294 e. The third-order valence-corrected chi connectivity index (χ3v) is 3.52. The molecule has 1 aromatic carbocycles. The van der Waals surface area contributed by atoms with Gasteiger partial charge < -0.3 is 0 Å². The number of hydrogen-bond donors (Lipinski definition) is 0. The molecule has 0 aromatic heterocycles. The molecule has 1 aliphatic rings. The lowest BCUT2D eigenvalue weighted by Gasteiger charge is -2.05. The normalized spacial score (nSPS) is 14.8.